The van der Waals surface area contributed by atoms with E-state index >= 15 is 0 Å². The molecule has 12 heavy (non-hydrogen) atoms. The van der Waals surface area contributed by atoms with E-state index in [-0.39, 0.29) is 0 Å². The third-order valence-electron chi connectivity index (χ3n) is 2.11. The van der Waals surface area contributed by atoms with Gasteiger partial charge in [0.05, 0.1) is 5.37 Å². The van der Waals surface area contributed by atoms with E-state index in [4.69, 9.17) is 0 Å². The average Bonchev–Trinajstić information content (AvgIpc) is 2.12. The number of nitrogens with zero attached hydrogens (tertiary/aromatic N) is 1. The fourth-order valence-corrected chi connectivity index (χ4v) is 1.33. The van der Waals surface area contributed by atoms with Crippen LogP contribution >= 0.6 is 11.8 Å². The summed E-state index contributed by atoms with van der Waals surface area (Å²) in [6.07, 6.45) is 2.13. The third kappa shape index (κ3) is 5.86. The highest BCUT2D eigenvalue weighted by molar-refractivity contribution is 7.99. The van der Waals surface area contributed by atoms with Crippen molar-refractivity contribution in [2.75, 3.05) is 32.4 Å². The summed E-state index contributed by atoms with van der Waals surface area (Å²) in [6.45, 7) is 11.2. The largest absolute Gasteiger partial charge is 0.304 e. The van der Waals surface area contributed by atoms with Crippen molar-refractivity contribution < 1.29 is 0 Å². The Bertz CT molecular complexity index is 94.5. The third-order valence-corrected chi connectivity index (χ3v) is 2.98. The molecular weight excluding hydrogens is 168 g/mol. The Morgan fingerprint density at radius 2 is 1.92 bits per heavy atom. The van der Waals surface area contributed by atoms with E-state index in [2.05, 4.69) is 37.2 Å². The number of hydrogen-bond donors (Lipinski definition) is 1. The topological polar surface area (TPSA) is 15.3 Å². The molecule has 0 radical (unpaired) electrons. The Hall–Kier alpha value is 0.270. The summed E-state index contributed by atoms with van der Waals surface area (Å²) in [5.41, 5.74) is 0. The lowest BCUT2D eigenvalue weighted by Gasteiger charge is -2.19. The average molecular weight is 190 g/mol. The second-order valence-electron chi connectivity index (χ2n) is 2.86. The van der Waals surface area contributed by atoms with Crippen LogP contribution in [0.25, 0.3) is 0 Å². The molecule has 0 heterocycles. The Balaban J connectivity index is 3.28. The molecule has 3 heteroatoms. The lowest BCUT2D eigenvalue weighted by molar-refractivity contribution is 0.302. The van der Waals surface area contributed by atoms with Gasteiger partial charge in [-0.1, -0.05) is 13.8 Å². The molecule has 0 saturated carbocycles. The van der Waals surface area contributed by atoms with Gasteiger partial charge >= 0.3 is 0 Å². The predicted molar refractivity (Wildman–Crippen MR) is 58.8 cm³/mol. The molecule has 1 N–H and O–H groups in total. The zero-order valence-corrected chi connectivity index (χ0v) is 9.58. The van der Waals surface area contributed by atoms with Gasteiger partial charge in [-0.25, -0.2) is 0 Å². The summed E-state index contributed by atoms with van der Waals surface area (Å²) < 4.78 is 0. The Morgan fingerprint density at radius 3 is 2.33 bits per heavy atom. The minimum absolute atomic E-state index is 0.584. The first-order valence-corrected chi connectivity index (χ1v) is 6.01. The van der Waals surface area contributed by atoms with Crippen molar-refractivity contribution in [2.45, 2.75) is 26.1 Å². The molecule has 1 unspecified atom stereocenters. The minimum atomic E-state index is 0.584. The number of rotatable bonds is 7. The number of thioether (sulfide) groups is 1. The SMILES string of the molecule is CCN(CC)CCNC(C)SC. The van der Waals surface area contributed by atoms with Gasteiger partial charge in [-0.05, 0) is 26.3 Å². The lowest BCUT2D eigenvalue weighted by atomic mass is 10.4. The van der Waals surface area contributed by atoms with Gasteiger partial charge < -0.3 is 10.2 Å². The van der Waals surface area contributed by atoms with Crippen molar-refractivity contribution in [3.05, 3.63) is 0 Å². The molecule has 0 aromatic heterocycles. The maximum atomic E-state index is 3.45. The van der Waals surface area contributed by atoms with E-state index in [1.165, 1.54) is 0 Å². The number of hydrogen-bond acceptors (Lipinski definition) is 3. The van der Waals surface area contributed by atoms with Crippen LogP contribution in [0.1, 0.15) is 20.8 Å². The van der Waals surface area contributed by atoms with Crippen molar-refractivity contribution >= 4 is 11.8 Å². The zero-order chi connectivity index (χ0) is 9.40. The molecule has 0 aliphatic rings. The lowest BCUT2D eigenvalue weighted by Crippen LogP contribution is -2.34. The standard InChI is InChI=1S/C9H22N2S/c1-5-11(6-2)8-7-10-9(3)12-4/h9-10H,5-8H2,1-4H3. The zero-order valence-electron chi connectivity index (χ0n) is 8.76. The smallest absolute Gasteiger partial charge is 0.0501 e. The molecule has 0 aromatic rings. The van der Waals surface area contributed by atoms with Crippen molar-refractivity contribution in [2.24, 2.45) is 0 Å². The maximum absolute atomic E-state index is 3.45. The van der Waals surface area contributed by atoms with Crippen molar-refractivity contribution in [3.8, 4) is 0 Å². The molecule has 2 nitrogen and oxygen atoms in total. The van der Waals surface area contributed by atoms with E-state index < -0.39 is 0 Å². The highest BCUT2D eigenvalue weighted by atomic mass is 32.2. The van der Waals surface area contributed by atoms with Crippen LogP contribution in [0.2, 0.25) is 0 Å². The van der Waals surface area contributed by atoms with Crippen molar-refractivity contribution in [3.63, 3.8) is 0 Å². The second kappa shape index (κ2) is 7.90. The quantitative estimate of drug-likeness (QED) is 0.614. The van der Waals surface area contributed by atoms with Crippen LogP contribution in [0, 0.1) is 0 Å². The van der Waals surface area contributed by atoms with Crippen LogP contribution in [0.4, 0.5) is 0 Å². The normalized spacial score (nSPS) is 13.8. The van der Waals surface area contributed by atoms with Crippen LogP contribution in [0.15, 0.2) is 0 Å². The van der Waals surface area contributed by atoms with Gasteiger partial charge in [0, 0.05) is 13.1 Å². The Morgan fingerprint density at radius 1 is 1.33 bits per heavy atom. The molecule has 0 aliphatic heterocycles. The van der Waals surface area contributed by atoms with Crippen LogP contribution in [-0.4, -0.2) is 42.7 Å². The van der Waals surface area contributed by atoms with E-state index in [9.17, 15) is 0 Å². The molecule has 0 bridgehead atoms. The van der Waals surface area contributed by atoms with E-state index in [1.54, 1.807) is 0 Å². The molecule has 0 amide bonds. The number of nitrogens with one attached hydrogen (secondary N) is 1. The predicted octanol–water partition coefficient (Wildman–Crippen LogP) is 1.63. The molecule has 0 saturated heterocycles. The first-order chi connectivity index (χ1) is 5.74. The van der Waals surface area contributed by atoms with E-state index in [0.717, 1.165) is 26.2 Å². The Labute approximate surface area is 81.1 Å². The van der Waals surface area contributed by atoms with Crippen LogP contribution in [-0.2, 0) is 0 Å². The molecule has 0 aliphatic carbocycles. The highest BCUT2D eigenvalue weighted by Gasteiger charge is 2.00. The van der Waals surface area contributed by atoms with Crippen molar-refractivity contribution in [1.82, 2.24) is 10.2 Å². The Kier molecular flexibility index (Phi) is 8.07. The van der Waals surface area contributed by atoms with Gasteiger partial charge in [0.2, 0.25) is 0 Å². The minimum Gasteiger partial charge on any atom is -0.304 e. The summed E-state index contributed by atoms with van der Waals surface area (Å²) in [7, 11) is 0. The highest BCUT2D eigenvalue weighted by Crippen LogP contribution is 1.99. The van der Waals surface area contributed by atoms with Crippen LogP contribution < -0.4 is 5.32 Å². The summed E-state index contributed by atoms with van der Waals surface area (Å²) in [6, 6.07) is 0. The summed E-state index contributed by atoms with van der Waals surface area (Å²) in [5.74, 6) is 0. The van der Waals surface area contributed by atoms with Gasteiger partial charge in [0.25, 0.3) is 0 Å². The number of likely N-dealkylation sites (N-methyl/N-ethyl adjacent to an activating group) is 1. The fraction of sp³-hybridized carbons (Fsp3) is 1.00. The molecule has 74 valence electrons. The van der Waals surface area contributed by atoms with Gasteiger partial charge in [-0.15, -0.1) is 11.8 Å². The molecule has 0 aromatic carbocycles. The van der Waals surface area contributed by atoms with Crippen molar-refractivity contribution in [1.29, 1.82) is 0 Å². The first-order valence-electron chi connectivity index (χ1n) is 4.73. The van der Waals surface area contributed by atoms with Gasteiger partial charge in [-0.3, -0.25) is 0 Å². The summed E-state index contributed by atoms with van der Waals surface area (Å²) >= 11 is 1.86. The summed E-state index contributed by atoms with van der Waals surface area (Å²) in [5, 5.41) is 4.04. The molecule has 1 atom stereocenters. The molecule has 0 spiro atoms. The van der Waals surface area contributed by atoms with Crippen LogP contribution in [0.5, 0.6) is 0 Å². The monoisotopic (exact) mass is 190 g/mol. The van der Waals surface area contributed by atoms with Gasteiger partial charge in [-0.2, -0.15) is 0 Å². The maximum Gasteiger partial charge on any atom is 0.0501 e. The first kappa shape index (κ1) is 12.3. The van der Waals surface area contributed by atoms with E-state index in [1.807, 2.05) is 11.8 Å². The fourth-order valence-electron chi connectivity index (χ4n) is 1.05. The second-order valence-corrected chi connectivity index (χ2v) is 4.04. The van der Waals surface area contributed by atoms with E-state index in [0.29, 0.717) is 5.37 Å². The summed E-state index contributed by atoms with van der Waals surface area (Å²) in [4.78, 5) is 2.43. The molecule has 0 rings (SSSR count). The molecular formula is C9H22N2S. The van der Waals surface area contributed by atoms with Crippen LogP contribution in [0.3, 0.4) is 0 Å². The van der Waals surface area contributed by atoms with Gasteiger partial charge in [0.1, 0.15) is 0 Å². The van der Waals surface area contributed by atoms with Gasteiger partial charge in [0.15, 0.2) is 0 Å². The molecule has 0 fully saturated rings.